The Morgan fingerprint density at radius 3 is 1.49 bits per heavy atom. The van der Waals surface area contributed by atoms with Crippen LogP contribution in [0, 0.1) is 0 Å². The topological polar surface area (TPSA) is 43.5 Å². The monoisotopic (exact) mass is 574 g/mol. The van der Waals surface area contributed by atoms with Gasteiger partial charge in [0.25, 0.3) is 0 Å². The second-order valence-corrected chi connectivity index (χ2v) is 12.2. The number of ether oxygens (including phenoxy) is 4. The first-order valence-electron chi connectivity index (χ1n) is 16.2. The molecule has 222 valence electrons. The van der Waals surface area contributed by atoms with E-state index in [4.69, 9.17) is 18.9 Å². The molecule has 1 aliphatic carbocycles. The fourth-order valence-corrected chi connectivity index (χ4v) is 6.75. The minimum atomic E-state index is -0.453. The Bertz CT molecular complexity index is 1460. The number of aryl methyl sites for hydroxylation is 2. The molecule has 2 unspecified atom stereocenters. The molecule has 0 spiro atoms. The van der Waals surface area contributed by atoms with Gasteiger partial charge in [0.1, 0.15) is 36.9 Å². The van der Waals surface area contributed by atoms with Crippen molar-refractivity contribution in [3.05, 3.63) is 118 Å². The second kappa shape index (κ2) is 12.2. The lowest BCUT2D eigenvalue weighted by Crippen LogP contribution is -2.29. The molecule has 0 bridgehead atoms. The first-order valence-corrected chi connectivity index (χ1v) is 16.2. The van der Waals surface area contributed by atoms with E-state index in [-0.39, 0.29) is 12.2 Å². The summed E-state index contributed by atoms with van der Waals surface area (Å²) in [5, 5.41) is 0. The highest BCUT2D eigenvalue weighted by atomic mass is 16.6. The van der Waals surface area contributed by atoms with Crippen LogP contribution in [0.4, 0.5) is 0 Å². The van der Waals surface area contributed by atoms with Crippen molar-refractivity contribution in [3.63, 3.8) is 0 Å². The van der Waals surface area contributed by atoms with Gasteiger partial charge in [0.2, 0.25) is 0 Å². The third kappa shape index (κ3) is 5.47. The van der Waals surface area contributed by atoms with Crippen LogP contribution in [0.3, 0.4) is 0 Å². The predicted octanol–water partition coefficient (Wildman–Crippen LogP) is 8.29. The number of fused-ring (bicyclic) bond motifs is 3. The van der Waals surface area contributed by atoms with Gasteiger partial charge < -0.3 is 18.9 Å². The molecular weight excluding hydrogens is 532 g/mol. The highest BCUT2D eigenvalue weighted by Gasteiger charge is 2.46. The van der Waals surface area contributed by atoms with Gasteiger partial charge in [-0.1, -0.05) is 99.5 Å². The van der Waals surface area contributed by atoms with Crippen molar-refractivity contribution in [1.29, 1.82) is 0 Å². The van der Waals surface area contributed by atoms with Gasteiger partial charge in [-0.3, -0.25) is 0 Å². The normalized spacial score (nSPS) is 19.0. The van der Waals surface area contributed by atoms with Crippen LogP contribution in [0.15, 0.2) is 84.9 Å². The Labute approximate surface area is 256 Å². The minimum Gasteiger partial charge on any atom is -0.491 e. The fraction of sp³-hybridized carbons (Fsp3) is 0.385. The largest absolute Gasteiger partial charge is 0.491 e. The van der Waals surface area contributed by atoms with E-state index in [1.54, 1.807) is 0 Å². The number of hydrogen-bond donors (Lipinski definition) is 0. The van der Waals surface area contributed by atoms with E-state index in [1.807, 2.05) is 0 Å². The van der Waals surface area contributed by atoms with Crippen LogP contribution in [0.25, 0.3) is 11.1 Å². The van der Waals surface area contributed by atoms with Crippen molar-refractivity contribution in [1.82, 2.24) is 0 Å². The van der Waals surface area contributed by atoms with Crippen molar-refractivity contribution in [2.45, 2.75) is 70.0 Å². The highest BCUT2D eigenvalue weighted by molar-refractivity contribution is 5.86. The quantitative estimate of drug-likeness (QED) is 0.125. The van der Waals surface area contributed by atoms with Crippen molar-refractivity contribution < 1.29 is 18.9 Å². The van der Waals surface area contributed by atoms with Gasteiger partial charge >= 0.3 is 0 Å². The summed E-state index contributed by atoms with van der Waals surface area (Å²) in [6.45, 7) is 7.33. The minimum absolute atomic E-state index is 0.229. The lowest BCUT2D eigenvalue weighted by molar-refractivity contribution is 0.260. The van der Waals surface area contributed by atoms with E-state index in [1.165, 1.54) is 44.5 Å². The maximum atomic E-state index is 6.33. The van der Waals surface area contributed by atoms with E-state index in [9.17, 15) is 0 Å². The number of epoxide rings is 2. The summed E-state index contributed by atoms with van der Waals surface area (Å²) in [7, 11) is 0. The molecule has 43 heavy (non-hydrogen) atoms. The Morgan fingerprint density at radius 2 is 1.07 bits per heavy atom. The second-order valence-electron chi connectivity index (χ2n) is 12.2. The van der Waals surface area contributed by atoms with Gasteiger partial charge in [0, 0.05) is 0 Å². The SMILES string of the molecule is CCCCc1cc(C2(c3ccc(OCC4CO4)c(CCCC)c3)c3ccccc3-c3ccccc32)ccc1OCC1CO1. The third-order valence-electron chi connectivity index (χ3n) is 9.19. The van der Waals surface area contributed by atoms with Crippen LogP contribution in [0.5, 0.6) is 11.5 Å². The maximum absolute atomic E-state index is 6.33. The maximum Gasteiger partial charge on any atom is 0.122 e. The Kier molecular flexibility index (Phi) is 7.99. The molecule has 2 fully saturated rings. The zero-order chi connectivity index (χ0) is 29.2. The molecule has 0 radical (unpaired) electrons. The molecule has 3 aliphatic rings. The molecule has 0 aromatic heterocycles. The highest BCUT2D eigenvalue weighted by Crippen LogP contribution is 2.56. The zero-order valence-electron chi connectivity index (χ0n) is 25.4. The van der Waals surface area contributed by atoms with E-state index >= 15 is 0 Å². The Balaban J connectivity index is 1.42. The van der Waals surface area contributed by atoms with Crippen molar-refractivity contribution in [2.75, 3.05) is 26.4 Å². The lowest BCUT2D eigenvalue weighted by atomic mass is 9.67. The van der Waals surface area contributed by atoms with Crippen molar-refractivity contribution in [2.24, 2.45) is 0 Å². The van der Waals surface area contributed by atoms with Gasteiger partial charge in [-0.2, -0.15) is 0 Å². The first kappa shape index (κ1) is 28.2. The molecule has 7 rings (SSSR count). The number of hydrogen-bond acceptors (Lipinski definition) is 4. The molecule has 0 saturated carbocycles. The fourth-order valence-electron chi connectivity index (χ4n) is 6.75. The molecule has 4 aromatic carbocycles. The van der Waals surface area contributed by atoms with Crippen molar-refractivity contribution >= 4 is 0 Å². The molecule has 2 saturated heterocycles. The van der Waals surface area contributed by atoms with Crippen LogP contribution in [0.1, 0.15) is 72.9 Å². The summed E-state index contributed by atoms with van der Waals surface area (Å²) in [6, 6.07) is 31.8. The van der Waals surface area contributed by atoms with Crippen LogP contribution < -0.4 is 9.47 Å². The van der Waals surface area contributed by atoms with Crippen molar-refractivity contribution in [3.8, 4) is 22.6 Å². The van der Waals surface area contributed by atoms with Crippen LogP contribution in [-0.4, -0.2) is 38.6 Å². The van der Waals surface area contributed by atoms with E-state index < -0.39 is 5.41 Å². The lowest BCUT2D eigenvalue weighted by Gasteiger charge is -2.35. The molecule has 2 atom stereocenters. The molecule has 0 N–H and O–H groups in total. The molecular formula is C39H42O4. The molecule has 4 aromatic rings. The number of benzene rings is 4. The first-order chi connectivity index (χ1) is 21.2. The summed E-state index contributed by atoms with van der Waals surface area (Å²) in [5.41, 5.74) is 9.94. The average molecular weight is 575 g/mol. The summed E-state index contributed by atoms with van der Waals surface area (Å²) < 4.78 is 23.6. The Hall–Kier alpha value is -3.60. The third-order valence-corrected chi connectivity index (χ3v) is 9.19. The van der Waals surface area contributed by atoms with Crippen LogP contribution in [0.2, 0.25) is 0 Å². The molecule has 4 nitrogen and oxygen atoms in total. The summed E-state index contributed by atoms with van der Waals surface area (Å²) in [5.74, 6) is 1.97. The average Bonchev–Trinajstić information content (AvgIpc) is 3.99. The van der Waals surface area contributed by atoms with Gasteiger partial charge in [-0.25, -0.2) is 0 Å². The number of unbranched alkanes of at least 4 members (excludes halogenated alkanes) is 2. The van der Waals surface area contributed by atoms with Gasteiger partial charge in [-0.05, 0) is 82.3 Å². The predicted molar refractivity (Wildman–Crippen MR) is 171 cm³/mol. The number of rotatable bonds is 14. The zero-order valence-corrected chi connectivity index (χ0v) is 25.4. The smallest absolute Gasteiger partial charge is 0.122 e. The van der Waals surface area contributed by atoms with E-state index in [2.05, 4.69) is 98.8 Å². The standard InChI is InChI=1S/C39H42O4/c1-3-5-11-27-21-29(17-19-37(27)42-25-31-23-40-31)39(35-15-9-7-13-33(35)34-14-8-10-16-36(34)39)30-18-20-38(43-26-32-24-41-32)28(22-30)12-6-4-2/h7-10,13-22,31-32H,3-6,11-12,23-26H2,1-2H3. The van der Waals surface area contributed by atoms with Gasteiger partial charge in [0.05, 0.1) is 18.6 Å². The molecule has 0 amide bonds. The summed E-state index contributed by atoms with van der Waals surface area (Å²) >= 11 is 0. The van der Waals surface area contributed by atoms with Crippen LogP contribution in [-0.2, 0) is 27.7 Å². The molecule has 2 aliphatic heterocycles. The van der Waals surface area contributed by atoms with Crippen LogP contribution >= 0.6 is 0 Å². The van der Waals surface area contributed by atoms with E-state index in [0.717, 1.165) is 63.2 Å². The van der Waals surface area contributed by atoms with Gasteiger partial charge in [0.15, 0.2) is 0 Å². The molecule has 2 heterocycles. The summed E-state index contributed by atoms with van der Waals surface area (Å²) in [4.78, 5) is 0. The van der Waals surface area contributed by atoms with Gasteiger partial charge in [-0.15, -0.1) is 0 Å². The van der Waals surface area contributed by atoms with E-state index in [0.29, 0.717) is 13.2 Å². The Morgan fingerprint density at radius 1 is 0.628 bits per heavy atom. The summed E-state index contributed by atoms with van der Waals surface area (Å²) in [6.07, 6.45) is 6.96. The molecule has 4 heteroatoms.